The molecule has 7 nitrogen and oxygen atoms in total. The van der Waals surface area contributed by atoms with E-state index in [9.17, 15) is 14.4 Å². The van der Waals surface area contributed by atoms with Crippen LogP contribution in [0.1, 0.15) is 35.8 Å². The van der Waals surface area contributed by atoms with Gasteiger partial charge >= 0.3 is 5.97 Å². The fourth-order valence-electron chi connectivity index (χ4n) is 3.13. The van der Waals surface area contributed by atoms with Crippen molar-refractivity contribution in [3.05, 3.63) is 57.8 Å². The van der Waals surface area contributed by atoms with E-state index in [4.69, 9.17) is 9.47 Å². The maximum absolute atomic E-state index is 13.3. The molecule has 2 rings (SSSR count). The normalized spacial score (nSPS) is 10.6. The van der Waals surface area contributed by atoms with Gasteiger partial charge in [-0.2, -0.15) is 0 Å². The molecule has 0 fully saturated rings. The number of benzene rings is 1. The third-order valence-electron chi connectivity index (χ3n) is 4.96. The Morgan fingerprint density at radius 3 is 2.34 bits per heavy atom. The molecule has 1 heterocycles. The number of hydrogen-bond donors (Lipinski definition) is 0. The van der Waals surface area contributed by atoms with Gasteiger partial charge in [0.1, 0.15) is 0 Å². The van der Waals surface area contributed by atoms with E-state index in [-0.39, 0.29) is 44.4 Å². The molecule has 2 amide bonds. The fraction of sp³-hybridized carbons (Fsp3) is 0.458. The molecule has 0 radical (unpaired) electrons. The van der Waals surface area contributed by atoms with Crippen LogP contribution in [0.5, 0.6) is 0 Å². The molecule has 174 valence electrons. The van der Waals surface area contributed by atoms with Crippen molar-refractivity contribution >= 4 is 29.1 Å². The van der Waals surface area contributed by atoms with Gasteiger partial charge in [0, 0.05) is 31.5 Å². The summed E-state index contributed by atoms with van der Waals surface area (Å²) in [7, 11) is 1.55. The van der Waals surface area contributed by atoms with Crippen molar-refractivity contribution < 1.29 is 23.9 Å². The van der Waals surface area contributed by atoms with Crippen LogP contribution in [-0.4, -0.2) is 61.0 Å². The highest BCUT2D eigenvalue weighted by Crippen LogP contribution is 2.20. The van der Waals surface area contributed by atoms with Crippen LogP contribution in [0, 0.1) is 6.92 Å². The predicted molar refractivity (Wildman–Crippen MR) is 124 cm³/mol. The highest BCUT2D eigenvalue weighted by Gasteiger charge is 2.23. The zero-order valence-corrected chi connectivity index (χ0v) is 19.9. The lowest BCUT2D eigenvalue weighted by molar-refractivity contribution is -0.146. The number of carbonyl (C=O) groups is 3. The second-order valence-electron chi connectivity index (χ2n) is 7.38. The van der Waals surface area contributed by atoms with Gasteiger partial charge < -0.3 is 19.3 Å². The first-order valence-corrected chi connectivity index (χ1v) is 11.6. The monoisotopic (exact) mass is 460 g/mol. The summed E-state index contributed by atoms with van der Waals surface area (Å²) < 4.78 is 10.0. The van der Waals surface area contributed by atoms with Crippen molar-refractivity contribution in [1.82, 2.24) is 9.80 Å². The standard InChI is InChI=1S/C24H32N2O5S/c1-4-31-24(29)11-10-22(27)25(13-14-30-3)18-23(28)26(16-20-8-6-5-7-9-20)17-21-19(2)12-15-32-21/h5-9,12,15H,4,10-11,13-14,16-18H2,1-3H3. The smallest absolute Gasteiger partial charge is 0.306 e. The number of aryl methyl sites for hydroxylation is 1. The summed E-state index contributed by atoms with van der Waals surface area (Å²) in [5.74, 6) is -0.838. The Balaban J connectivity index is 2.11. The van der Waals surface area contributed by atoms with E-state index in [2.05, 4.69) is 0 Å². The number of rotatable bonds is 13. The lowest BCUT2D eigenvalue weighted by atomic mass is 10.2. The third-order valence-corrected chi connectivity index (χ3v) is 5.97. The van der Waals surface area contributed by atoms with Gasteiger partial charge in [-0.05, 0) is 36.4 Å². The summed E-state index contributed by atoms with van der Waals surface area (Å²) in [4.78, 5) is 42.0. The van der Waals surface area contributed by atoms with Gasteiger partial charge in [0.15, 0.2) is 0 Å². The van der Waals surface area contributed by atoms with Gasteiger partial charge in [0.2, 0.25) is 11.8 Å². The van der Waals surface area contributed by atoms with Crippen LogP contribution in [0.3, 0.4) is 0 Å². The molecule has 2 aromatic rings. The summed E-state index contributed by atoms with van der Waals surface area (Å²) in [5, 5.41) is 2.01. The Bertz CT molecular complexity index is 868. The van der Waals surface area contributed by atoms with Gasteiger partial charge in [-0.1, -0.05) is 30.3 Å². The summed E-state index contributed by atoms with van der Waals surface area (Å²) in [6.45, 7) is 5.47. The Kier molecular flexibility index (Phi) is 10.9. The van der Waals surface area contributed by atoms with Crippen molar-refractivity contribution in [2.75, 3.05) is 33.4 Å². The van der Waals surface area contributed by atoms with Crippen molar-refractivity contribution in [1.29, 1.82) is 0 Å². The van der Waals surface area contributed by atoms with E-state index < -0.39 is 5.97 Å². The van der Waals surface area contributed by atoms with Gasteiger partial charge in [0.05, 0.1) is 32.7 Å². The molecule has 1 aromatic heterocycles. The summed E-state index contributed by atoms with van der Waals surface area (Å²) >= 11 is 1.62. The Morgan fingerprint density at radius 1 is 0.969 bits per heavy atom. The highest BCUT2D eigenvalue weighted by molar-refractivity contribution is 7.10. The van der Waals surface area contributed by atoms with E-state index in [0.29, 0.717) is 19.7 Å². The minimum atomic E-state index is -0.419. The van der Waals surface area contributed by atoms with E-state index in [1.54, 1.807) is 30.3 Å². The van der Waals surface area contributed by atoms with Crippen LogP contribution in [0.2, 0.25) is 0 Å². The van der Waals surface area contributed by atoms with E-state index in [1.807, 2.05) is 48.7 Å². The molecular formula is C24H32N2O5S. The average molecular weight is 461 g/mol. The fourth-order valence-corrected chi connectivity index (χ4v) is 4.05. The number of nitrogens with zero attached hydrogens (tertiary/aromatic N) is 2. The average Bonchev–Trinajstić information content (AvgIpc) is 3.19. The van der Waals surface area contributed by atoms with Gasteiger partial charge in [-0.25, -0.2) is 0 Å². The van der Waals surface area contributed by atoms with Crippen molar-refractivity contribution in [3.8, 4) is 0 Å². The van der Waals surface area contributed by atoms with Crippen LogP contribution in [-0.2, 0) is 36.9 Å². The minimum absolute atomic E-state index is 0.00144. The second-order valence-corrected chi connectivity index (χ2v) is 8.38. The number of hydrogen-bond acceptors (Lipinski definition) is 6. The number of methoxy groups -OCH3 is 1. The maximum Gasteiger partial charge on any atom is 0.306 e. The Morgan fingerprint density at radius 2 is 1.72 bits per heavy atom. The van der Waals surface area contributed by atoms with Crippen LogP contribution >= 0.6 is 11.3 Å². The molecule has 0 aliphatic heterocycles. The Hall–Kier alpha value is -2.71. The van der Waals surface area contributed by atoms with E-state index in [1.165, 1.54) is 4.90 Å². The van der Waals surface area contributed by atoms with Crippen molar-refractivity contribution in [3.63, 3.8) is 0 Å². The van der Waals surface area contributed by atoms with E-state index in [0.717, 1.165) is 16.0 Å². The first-order chi connectivity index (χ1) is 15.4. The topological polar surface area (TPSA) is 76.1 Å². The molecule has 0 N–H and O–H groups in total. The SMILES string of the molecule is CCOC(=O)CCC(=O)N(CCOC)CC(=O)N(Cc1ccccc1)Cc1sccc1C. The quantitative estimate of drug-likeness (QED) is 0.428. The first kappa shape index (κ1) is 25.5. The zero-order valence-electron chi connectivity index (χ0n) is 19.0. The minimum Gasteiger partial charge on any atom is -0.466 e. The number of esters is 1. The van der Waals surface area contributed by atoms with Gasteiger partial charge in [0.25, 0.3) is 0 Å². The highest BCUT2D eigenvalue weighted by atomic mass is 32.1. The zero-order chi connectivity index (χ0) is 23.3. The predicted octanol–water partition coefficient (Wildman–Crippen LogP) is 3.40. The lowest BCUT2D eigenvalue weighted by Crippen LogP contribution is -2.43. The summed E-state index contributed by atoms with van der Waals surface area (Å²) in [5.41, 5.74) is 2.16. The van der Waals surface area contributed by atoms with Crippen LogP contribution in [0.4, 0.5) is 0 Å². The van der Waals surface area contributed by atoms with Crippen LogP contribution in [0.25, 0.3) is 0 Å². The van der Waals surface area contributed by atoms with Gasteiger partial charge in [-0.15, -0.1) is 11.3 Å². The number of amides is 2. The van der Waals surface area contributed by atoms with E-state index >= 15 is 0 Å². The summed E-state index contributed by atoms with van der Waals surface area (Å²) in [6, 6.07) is 11.8. The molecule has 0 bridgehead atoms. The molecule has 1 aromatic carbocycles. The molecule has 0 saturated carbocycles. The molecule has 0 aliphatic carbocycles. The van der Waals surface area contributed by atoms with Gasteiger partial charge in [-0.3, -0.25) is 14.4 Å². The summed E-state index contributed by atoms with van der Waals surface area (Å²) in [6.07, 6.45) is -0.00892. The van der Waals surface area contributed by atoms with Crippen LogP contribution < -0.4 is 0 Å². The third kappa shape index (κ3) is 8.43. The molecule has 0 saturated heterocycles. The molecular weight excluding hydrogens is 428 g/mol. The molecule has 0 aliphatic rings. The number of thiophene rings is 1. The van der Waals surface area contributed by atoms with Crippen molar-refractivity contribution in [2.45, 2.75) is 39.8 Å². The molecule has 8 heteroatoms. The molecule has 0 spiro atoms. The maximum atomic E-state index is 13.3. The molecule has 0 atom stereocenters. The lowest BCUT2D eigenvalue weighted by Gasteiger charge is -2.28. The number of ether oxygens (including phenoxy) is 2. The first-order valence-electron chi connectivity index (χ1n) is 10.7. The molecule has 0 unspecified atom stereocenters. The van der Waals surface area contributed by atoms with Crippen molar-refractivity contribution in [2.24, 2.45) is 0 Å². The molecule has 32 heavy (non-hydrogen) atoms. The second kappa shape index (κ2) is 13.6. The number of carbonyl (C=O) groups excluding carboxylic acids is 3. The largest absolute Gasteiger partial charge is 0.466 e. The Labute approximate surface area is 193 Å². The van der Waals surface area contributed by atoms with Crippen LogP contribution in [0.15, 0.2) is 41.8 Å².